The van der Waals surface area contributed by atoms with Crippen molar-refractivity contribution in [2.45, 2.75) is 85.7 Å². The molecule has 0 saturated heterocycles. The zero-order chi connectivity index (χ0) is 18.1. The summed E-state index contributed by atoms with van der Waals surface area (Å²) in [7, 11) is 0. The first-order valence-electron chi connectivity index (χ1n) is 8.52. The van der Waals surface area contributed by atoms with Crippen LogP contribution in [0.5, 0.6) is 0 Å². The molecular formula is C21H34O2. The van der Waals surface area contributed by atoms with Crippen molar-refractivity contribution in [2.24, 2.45) is 5.41 Å². The van der Waals surface area contributed by atoms with Crippen molar-refractivity contribution < 1.29 is 9.53 Å². The number of ether oxygens (including phenoxy) is 1. The van der Waals surface area contributed by atoms with Gasteiger partial charge in [0.05, 0.1) is 5.92 Å². The third-order valence-electron chi connectivity index (χ3n) is 3.69. The van der Waals surface area contributed by atoms with Crippen molar-refractivity contribution in [3.63, 3.8) is 0 Å². The van der Waals surface area contributed by atoms with Crippen LogP contribution in [0, 0.1) is 5.41 Å². The van der Waals surface area contributed by atoms with Gasteiger partial charge in [-0.25, -0.2) is 0 Å². The average Bonchev–Trinajstić information content (AvgIpc) is 2.32. The molecule has 1 rings (SSSR count). The molecule has 0 bridgehead atoms. The van der Waals surface area contributed by atoms with Crippen LogP contribution in [0.1, 0.15) is 85.8 Å². The van der Waals surface area contributed by atoms with E-state index in [4.69, 9.17) is 4.74 Å². The van der Waals surface area contributed by atoms with E-state index in [2.05, 4.69) is 65.8 Å². The molecule has 2 heteroatoms. The summed E-state index contributed by atoms with van der Waals surface area (Å²) >= 11 is 0. The van der Waals surface area contributed by atoms with Gasteiger partial charge in [-0.1, -0.05) is 65.8 Å². The zero-order valence-electron chi connectivity index (χ0n) is 16.4. The molecule has 0 aliphatic heterocycles. The summed E-state index contributed by atoms with van der Waals surface area (Å²) in [6.07, 6.45) is 0.775. The highest BCUT2D eigenvalue weighted by atomic mass is 16.6. The average molecular weight is 319 g/mol. The standard InChI is InChI=1S/C21H34O2/c1-19(2,3)14-17(18(22)23-21(7,8)9)15-10-12-16(13-11-15)20(4,5)6/h10-13,17H,14H2,1-9H3. The van der Waals surface area contributed by atoms with Crippen molar-refractivity contribution in [2.75, 3.05) is 0 Å². The number of carbonyl (C=O) groups is 1. The van der Waals surface area contributed by atoms with Gasteiger partial charge < -0.3 is 4.74 Å². The van der Waals surface area contributed by atoms with Gasteiger partial charge >= 0.3 is 5.97 Å². The quantitative estimate of drug-likeness (QED) is 0.654. The lowest BCUT2D eigenvalue weighted by Crippen LogP contribution is -2.29. The topological polar surface area (TPSA) is 26.3 Å². The van der Waals surface area contributed by atoms with Crippen LogP contribution in [0.2, 0.25) is 0 Å². The predicted octanol–water partition coefficient (Wildman–Crippen LogP) is 5.85. The Bertz CT molecular complexity index is 519. The minimum atomic E-state index is -0.460. The van der Waals surface area contributed by atoms with Crippen LogP contribution in [0.15, 0.2) is 24.3 Å². The van der Waals surface area contributed by atoms with E-state index in [1.807, 2.05) is 20.8 Å². The van der Waals surface area contributed by atoms with E-state index in [1.165, 1.54) is 5.56 Å². The normalized spacial score (nSPS) is 14.5. The molecular weight excluding hydrogens is 284 g/mol. The Morgan fingerprint density at radius 2 is 1.39 bits per heavy atom. The molecule has 1 aromatic rings. The maximum absolute atomic E-state index is 12.7. The fourth-order valence-corrected chi connectivity index (χ4v) is 2.54. The smallest absolute Gasteiger partial charge is 0.313 e. The molecule has 1 unspecified atom stereocenters. The Balaban J connectivity index is 3.12. The van der Waals surface area contributed by atoms with Crippen molar-refractivity contribution in [1.82, 2.24) is 0 Å². The Labute approximate surface area is 142 Å². The van der Waals surface area contributed by atoms with Crippen LogP contribution in [0.3, 0.4) is 0 Å². The van der Waals surface area contributed by atoms with E-state index >= 15 is 0 Å². The first-order valence-corrected chi connectivity index (χ1v) is 8.52. The van der Waals surface area contributed by atoms with Crippen LogP contribution < -0.4 is 0 Å². The molecule has 2 nitrogen and oxygen atoms in total. The number of hydrogen-bond donors (Lipinski definition) is 0. The lowest BCUT2D eigenvalue weighted by Gasteiger charge is -2.29. The number of hydrogen-bond acceptors (Lipinski definition) is 2. The molecule has 1 aromatic carbocycles. The van der Waals surface area contributed by atoms with E-state index in [0.29, 0.717) is 0 Å². The fraction of sp³-hybridized carbons (Fsp3) is 0.667. The van der Waals surface area contributed by atoms with E-state index < -0.39 is 5.60 Å². The number of carbonyl (C=O) groups excluding carboxylic acids is 1. The molecule has 0 spiro atoms. The second-order valence-electron chi connectivity index (χ2n) is 9.72. The zero-order valence-corrected chi connectivity index (χ0v) is 16.4. The van der Waals surface area contributed by atoms with Crippen LogP contribution in [0.25, 0.3) is 0 Å². The van der Waals surface area contributed by atoms with E-state index in [0.717, 1.165) is 12.0 Å². The molecule has 0 amide bonds. The van der Waals surface area contributed by atoms with Gasteiger partial charge in [0.15, 0.2) is 0 Å². The maximum Gasteiger partial charge on any atom is 0.313 e. The molecule has 0 aromatic heterocycles. The number of benzene rings is 1. The van der Waals surface area contributed by atoms with Gasteiger partial charge in [-0.15, -0.1) is 0 Å². The predicted molar refractivity (Wildman–Crippen MR) is 97.8 cm³/mol. The Kier molecular flexibility index (Phi) is 5.72. The Hall–Kier alpha value is -1.31. The van der Waals surface area contributed by atoms with Crippen LogP contribution in [0.4, 0.5) is 0 Å². The van der Waals surface area contributed by atoms with Gasteiger partial charge in [-0.3, -0.25) is 4.79 Å². The lowest BCUT2D eigenvalue weighted by atomic mass is 9.80. The molecule has 23 heavy (non-hydrogen) atoms. The van der Waals surface area contributed by atoms with Crippen molar-refractivity contribution in [1.29, 1.82) is 0 Å². The summed E-state index contributed by atoms with van der Waals surface area (Å²) < 4.78 is 5.66. The SMILES string of the molecule is CC(C)(C)CC(C(=O)OC(C)(C)C)c1ccc(C(C)(C)C)cc1. The minimum absolute atomic E-state index is 0.0598. The summed E-state index contributed by atoms with van der Waals surface area (Å²) in [5.74, 6) is -0.348. The molecule has 0 radical (unpaired) electrons. The van der Waals surface area contributed by atoms with Gasteiger partial charge in [0, 0.05) is 0 Å². The molecule has 0 heterocycles. The first kappa shape index (κ1) is 19.7. The third-order valence-corrected chi connectivity index (χ3v) is 3.69. The summed E-state index contributed by atoms with van der Waals surface area (Å²) in [6.45, 7) is 18.8. The van der Waals surface area contributed by atoms with Gasteiger partial charge in [0.25, 0.3) is 0 Å². The summed E-state index contributed by atoms with van der Waals surface area (Å²) in [5.41, 5.74) is 2.04. The second-order valence-corrected chi connectivity index (χ2v) is 9.72. The molecule has 0 saturated carbocycles. The first-order chi connectivity index (χ1) is 10.2. The third kappa shape index (κ3) is 6.76. The second kappa shape index (κ2) is 6.67. The molecule has 0 fully saturated rings. The largest absolute Gasteiger partial charge is 0.459 e. The van der Waals surface area contributed by atoms with Crippen LogP contribution >= 0.6 is 0 Å². The molecule has 0 aliphatic carbocycles. The molecule has 1 atom stereocenters. The summed E-state index contributed by atoms with van der Waals surface area (Å²) in [5, 5.41) is 0. The van der Waals surface area contributed by atoms with Crippen molar-refractivity contribution in [3.05, 3.63) is 35.4 Å². The molecule has 0 aliphatic rings. The lowest BCUT2D eigenvalue weighted by molar-refractivity contribution is -0.157. The monoisotopic (exact) mass is 318 g/mol. The highest BCUT2D eigenvalue weighted by Gasteiger charge is 2.30. The van der Waals surface area contributed by atoms with Crippen LogP contribution in [-0.4, -0.2) is 11.6 Å². The van der Waals surface area contributed by atoms with Crippen LogP contribution in [-0.2, 0) is 14.9 Å². The van der Waals surface area contributed by atoms with Gasteiger partial charge in [0.1, 0.15) is 5.60 Å². The Morgan fingerprint density at radius 1 is 0.913 bits per heavy atom. The minimum Gasteiger partial charge on any atom is -0.459 e. The Morgan fingerprint density at radius 3 is 1.74 bits per heavy atom. The summed E-state index contributed by atoms with van der Waals surface area (Å²) in [4.78, 5) is 12.7. The highest BCUT2D eigenvalue weighted by Crippen LogP contribution is 2.34. The number of esters is 1. The molecule has 0 N–H and O–H groups in total. The summed E-state index contributed by atoms with van der Waals surface area (Å²) in [6, 6.07) is 8.44. The highest BCUT2D eigenvalue weighted by molar-refractivity contribution is 5.78. The van der Waals surface area contributed by atoms with Gasteiger partial charge in [-0.05, 0) is 49.1 Å². The van der Waals surface area contributed by atoms with E-state index in [-0.39, 0.29) is 22.7 Å². The van der Waals surface area contributed by atoms with Crippen molar-refractivity contribution in [3.8, 4) is 0 Å². The number of rotatable bonds is 3. The van der Waals surface area contributed by atoms with E-state index in [1.54, 1.807) is 0 Å². The van der Waals surface area contributed by atoms with Gasteiger partial charge in [0.2, 0.25) is 0 Å². The van der Waals surface area contributed by atoms with Gasteiger partial charge in [-0.2, -0.15) is 0 Å². The molecule has 130 valence electrons. The maximum atomic E-state index is 12.7. The van der Waals surface area contributed by atoms with E-state index in [9.17, 15) is 4.79 Å². The fourth-order valence-electron chi connectivity index (χ4n) is 2.54. The van der Waals surface area contributed by atoms with Crippen molar-refractivity contribution >= 4 is 5.97 Å².